The van der Waals surface area contributed by atoms with Crippen LogP contribution in [-0.2, 0) is 6.42 Å². The highest BCUT2D eigenvalue weighted by Crippen LogP contribution is 2.25. The molecular weight excluding hydrogens is 336 g/mol. The Bertz CT molecular complexity index is 601. The molecule has 0 spiro atoms. The monoisotopic (exact) mass is 353 g/mol. The van der Waals surface area contributed by atoms with E-state index in [0.717, 1.165) is 29.2 Å². The molecule has 0 saturated heterocycles. The Hall–Kier alpha value is -1.26. The van der Waals surface area contributed by atoms with E-state index in [1.165, 1.54) is 12.1 Å². The molecule has 1 nitrogen and oxygen atoms in total. The standard InChI is InChI=1S/C17H18BrF2N/c1-2-21-11-14(12-4-3-5-15(18)9-12)8-13-10-16(19)6-7-17(13)20/h3-7,9-10,14,21H,2,8,11H2,1H3. The van der Waals surface area contributed by atoms with Crippen molar-refractivity contribution in [3.8, 4) is 0 Å². The third-order valence-electron chi connectivity index (χ3n) is 3.43. The predicted octanol–water partition coefficient (Wildman–Crippen LogP) is 4.66. The van der Waals surface area contributed by atoms with Gasteiger partial charge in [-0.05, 0) is 54.4 Å². The summed E-state index contributed by atoms with van der Waals surface area (Å²) in [6.07, 6.45) is 0.465. The summed E-state index contributed by atoms with van der Waals surface area (Å²) in [7, 11) is 0. The van der Waals surface area contributed by atoms with E-state index in [0.29, 0.717) is 12.0 Å². The zero-order valence-electron chi connectivity index (χ0n) is 11.9. The van der Waals surface area contributed by atoms with Gasteiger partial charge in [-0.25, -0.2) is 8.78 Å². The molecule has 0 aliphatic rings. The van der Waals surface area contributed by atoms with Gasteiger partial charge in [-0.1, -0.05) is 35.0 Å². The smallest absolute Gasteiger partial charge is 0.126 e. The van der Waals surface area contributed by atoms with Crippen LogP contribution in [0.15, 0.2) is 46.9 Å². The number of benzene rings is 2. The third-order valence-corrected chi connectivity index (χ3v) is 3.93. The number of nitrogens with one attached hydrogen (secondary N) is 1. The summed E-state index contributed by atoms with van der Waals surface area (Å²) in [5.74, 6) is -0.658. The van der Waals surface area contributed by atoms with Gasteiger partial charge in [0.2, 0.25) is 0 Å². The van der Waals surface area contributed by atoms with Crippen LogP contribution in [0.4, 0.5) is 8.78 Å². The van der Waals surface area contributed by atoms with Crippen molar-refractivity contribution in [1.29, 1.82) is 0 Å². The molecule has 21 heavy (non-hydrogen) atoms. The third kappa shape index (κ3) is 4.61. The van der Waals surface area contributed by atoms with Crippen LogP contribution in [-0.4, -0.2) is 13.1 Å². The highest BCUT2D eigenvalue weighted by Gasteiger charge is 2.15. The lowest BCUT2D eigenvalue weighted by molar-refractivity contribution is 0.551. The zero-order chi connectivity index (χ0) is 15.2. The van der Waals surface area contributed by atoms with Crippen LogP contribution in [0.5, 0.6) is 0 Å². The number of hydrogen-bond donors (Lipinski definition) is 1. The van der Waals surface area contributed by atoms with Gasteiger partial charge in [0.15, 0.2) is 0 Å². The highest BCUT2D eigenvalue weighted by atomic mass is 79.9. The van der Waals surface area contributed by atoms with Crippen molar-refractivity contribution >= 4 is 15.9 Å². The minimum absolute atomic E-state index is 0.0961. The topological polar surface area (TPSA) is 12.0 Å². The second-order valence-corrected chi connectivity index (χ2v) is 5.92. The molecule has 2 rings (SSSR count). The molecule has 4 heteroatoms. The van der Waals surface area contributed by atoms with Crippen molar-refractivity contribution < 1.29 is 8.78 Å². The maximum Gasteiger partial charge on any atom is 0.126 e. The first-order chi connectivity index (χ1) is 10.1. The van der Waals surface area contributed by atoms with Gasteiger partial charge in [0.1, 0.15) is 11.6 Å². The van der Waals surface area contributed by atoms with E-state index >= 15 is 0 Å². The molecule has 1 unspecified atom stereocenters. The fourth-order valence-electron chi connectivity index (χ4n) is 2.35. The van der Waals surface area contributed by atoms with E-state index in [1.54, 1.807) is 0 Å². The summed E-state index contributed by atoms with van der Waals surface area (Å²) >= 11 is 3.46. The van der Waals surface area contributed by atoms with Crippen molar-refractivity contribution in [2.45, 2.75) is 19.3 Å². The normalized spacial score (nSPS) is 12.4. The van der Waals surface area contributed by atoms with Gasteiger partial charge < -0.3 is 5.32 Å². The van der Waals surface area contributed by atoms with Crippen molar-refractivity contribution in [1.82, 2.24) is 5.32 Å². The van der Waals surface area contributed by atoms with E-state index in [4.69, 9.17) is 0 Å². The first-order valence-electron chi connectivity index (χ1n) is 7.00. The van der Waals surface area contributed by atoms with E-state index in [2.05, 4.69) is 21.2 Å². The average molecular weight is 354 g/mol. The fourth-order valence-corrected chi connectivity index (χ4v) is 2.77. The summed E-state index contributed by atoms with van der Waals surface area (Å²) in [5, 5.41) is 3.29. The first kappa shape index (κ1) is 16.1. The van der Waals surface area contributed by atoms with Crippen LogP contribution in [0.25, 0.3) is 0 Å². The van der Waals surface area contributed by atoms with Crippen molar-refractivity contribution in [3.05, 3.63) is 69.7 Å². The van der Waals surface area contributed by atoms with Crippen molar-refractivity contribution in [3.63, 3.8) is 0 Å². The molecule has 1 atom stereocenters. The van der Waals surface area contributed by atoms with Crippen molar-refractivity contribution in [2.24, 2.45) is 0 Å². The first-order valence-corrected chi connectivity index (χ1v) is 7.79. The molecule has 0 heterocycles. The van der Waals surface area contributed by atoms with Gasteiger partial charge in [-0.15, -0.1) is 0 Å². The molecule has 0 aromatic heterocycles. The SMILES string of the molecule is CCNCC(Cc1cc(F)ccc1F)c1cccc(Br)c1. The van der Waals surface area contributed by atoms with Gasteiger partial charge in [0.05, 0.1) is 0 Å². The Balaban J connectivity index is 2.25. The number of halogens is 3. The average Bonchev–Trinajstić information content (AvgIpc) is 2.47. The van der Waals surface area contributed by atoms with Gasteiger partial charge in [-0.2, -0.15) is 0 Å². The Morgan fingerprint density at radius 2 is 1.95 bits per heavy atom. The lowest BCUT2D eigenvalue weighted by Crippen LogP contribution is -2.23. The summed E-state index contributed by atoms with van der Waals surface area (Å²) in [5.41, 5.74) is 1.52. The maximum atomic E-state index is 13.9. The lowest BCUT2D eigenvalue weighted by Gasteiger charge is -2.19. The zero-order valence-corrected chi connectivity index (χ0v) is 13.5. The Kier molecular flexibility index (Phi) is 5.88. The Morgan fingerprint density at radius 1 is 1.14 bits per heavy atom. The molecule has 2 aromatic rings. The van der Waals surface area contributed by atoms with Crippen LogP contribution in [0, 0.1) is 11.6 Å². The molecule has 1 N–H and O–H groups in total. The summed E-state index contributed by atoms with van der Waals surface area (Å²) in [4.78, 5) is 0. The molecule has 0 fully saturated rings. The summed E-state index contributed by atoms with van der Waals surface area (Å²) in [6.45, 7) is 3.60. The van der Waals surface area contributed by atoms with Gasteiger partial charge in [0, 0.05) is 16.9 Å². The summed E-state index contributed by atoms with van der Waals surface area (Å²) in [6, 6.07) is 11.6. The van der Waals surface area contributed by atoms with E-state index in [1.807, 2.05) is 31.2 Å². The minimum atomic E-state index is -0.400. The Morgan fingerprint density at radius 3 is 2.67 bits per heavy atom. The van der Waals surface area contributed by atoms with E-state index < -0.39 is 5.82 Å². The predicted molar refractivity (Wildman–Crippen MR) is 85.5 cm³/mol. The van der Waals surface area contributed by atoms with Crippen LogP contribution < -0.4 is 5.32 Å². The van der Waals surface area contributed by atoms with Crippen LogP contribution in [0.3, 0.4) is 0 Å². The van der Waals surface area contributed by atoms with E-state index in [-0.39, 0.29) is 11.7 Å². The minimum Gasteiger partial charge on any atom is -0.316 e. The number of hydrogen-bond acceptors (Lipinski definition) is 1. The molecule has 0 saturated carbocycles. The van der Waals surface area contributed by atoms with Crippen molar-refractivity contribution in [2.75, 3.05) is 13.1 Å². The molecule has 2 aromatic carbocycles. The Labute approximate surface area is 132 Å². The van der Waals surface area contributed by atoms with Crippen LogP contribution in [0.1, 0.15) is 24.0 Å². The molecule has 0 aliphatic heterocycles. The van der Waals surface area contributed by atoms with Crippen LogP contribution in [0.2, 0.25) is 0 Å². The van der Waals surface area contributed by atoms with E-state index in [9.17, 15) is 8.78 Å². The molecule has 112 valence electrons. The highest BCUT2D eigenvalue weighted by molar-refractivity contribution is 9.10. The lowest BCUT2D eigenvalue weighted by atomic mass is 9.91. The largest absolute Gasteiger partial charge is 0.316 e. The molecule has 0 amide bonds. The molecular formula is C17H18BrF2N. The number of likely N-dealkylation sites (N-methyl/N-ethyl adjacent to an activating group) is 1. The molecule has 0 radical (unpaired) electrons. The second-order valence-electron chi connectivity index (χ2n) is 5.00. The van der Waals surface area contributed by atoms with Crippen LogP contribution >= 0.6 is 15.9 Å². The number of rotatable bonds is 6. The van der Waals surface area contributed by atoms with Gasteiger partial charge in [0.25, 0.3) is 0 Å². The fraction of sp³-hybridized carbons (Fsp3) is 0.294. The quantitative estimate of drug-likeness (QED) is 0.795. The molecule has 0 aliphatic carbocycles. The van der Waals surface area contributed by atoms with Gasteiger partial charge >= 0.3 is 0 Å². The summed E-state index contributed by atoms with van der Waals surface area (Å²) < 4.78 is 28.2. The maximum absolute atomic E-state index is 13.9. The second kappa shape index (κ2) is 7.66. The van der Waals surface area contributed by atoms with Gasteiger partial charge in [-0.3, -0.25) is 0 Å². The molecule has 0 bridgehead atoms.